The number of nitrogens with zero attached hydrogens (tertiary/aromatic N) is 1. The maximum Gasteiger partial charge on any atom is 0.472 e. The predicted molar refractivity (Wildman–Crippen MR) is 306 cm³/mol. The van der Waals surface area contributed by atoms with Gasteiger partial charge >= 0.3 is 7.82 Å². The van der Waals surface area contributed by atoms with Gasteiger partial charge in [0.1, 0.15) is 19.3 Å². The number of unbranched alkanes of at least 4 members (excludes halogenated alkanes) is 34. The van der Waals surface area contributed by atoms with Crippen molar-refractivity contribution >= 4 is 13.7 Å². The molecule has 0 saturated carbocycles. The highest BCUT2D eigenvalue weighted by molar-refractivity contribution is 7.47. The van der Waals surface area contributed by atoms with Crippen LogP contribution in [0.5, 0.6) is 0 Å². The molecule has 0 aromatic heterocycles. The van der Waals surface area contributed by atoms with Crippen molar-refractivity contribution in [3.05, 3.63) is 48.6 Å². The van der Waals surface area contributed by atoms with Gasteiger partial charge in [0.25, 0.3) is 0 Å². The number of hydrogen-bond acceptors (Lipinski definition) is 6. The van der Waals surface area contributed by atoms with Crippen LogP contribution in [0.4, 0.5) is 0 Å². The fourth-order valence-corrected chi connectivity index (χ4v) is 9.68. The van der Waals surface area contributed by atoms with Crippen molar-refractivity contribution in [1.29, 1.82) is 0 Å². The molecule has 0 fully saturated rings. The van der Waals surface area contributed by atoms with Crippen LogP contribution in [0.25, 0.3) is 0 Å². The van der Waals surface area contributed by atoms with E-state index in [9.17, 15) is 24.5 Å². The third-order valence-electron chi connectivity index (χ3n) is 13.7. The minimum atomic E-state index is -4.43. The van der Waals surface area contributed by atoms with E-state index in [0.717, 1.165) is 51.4 Å². The molecule has 9 nitrogen and oxygen atoms in total. The first-order valence-corrected chi connectivity index (χ1v) is 31.5. The molecule has 0 heterocycles. The van der Waals surface area contributed by atoms with E-state index in [-0.39, 0.29) is 18.9 Å². The second-order valence-electron chi connectivity index (χ2n) is 21.8. The summed E-state index contributed by atoms with van der Waals surface area (Å²) in [4.78, 5) is 23.3. The molecule has 1 amide bonds. The molecule has 0 rings (SSSR count). The van der Waals surface area contributed by atoms with E-state index >= 15 is 0 Å². The van der Waals surface area contributed by atoms with Crippen LogP contribution in [0.1, 0.15) is 277 Å². The second-order valence-corrected chi connectivity index (χ2v) is 23.3. The number of hydrogen-bond donors (Lipinski definition) is 4. The molecule has 4 unspecified atom stereocenters. The zero-order valence-corrected chi connectivity index (χ0v) is 48.2. The van der Waals surface area contributed by atoms with E-state index in [1.54, 1.807) is 0 Å². The Bertz CT molecular complexity index is 1310. The number of likely N-dealkylation sites (N-methyl/N-ethyl adjacent to an activating group) is 1. The Morgan fingerprint density at radius 2 is 0.859 bits per heavy atom. The number of quaternary nitrogens is 1. The van der Waals surface area contributed by atoms with Crippen LogP contribution in [0, 0.1) is 0 Å². The molecule has 0 aliphatic carbocycles. The maximum atomic E-state index is 13.0. The summed E-state index contributed by atoms with van der Waals surface area (Å²) in [6.07, 6.45) is 65.4. The minimum absolute atomic E-state index is 0.0126. The molecule has 0 saturated heterocycles. The molecule has 0 radical (unpaired) electrons. The van der Waals surface area contributed by atoms with E-state index in [1.165, 1.54) is 193 Å². The first kappa shape index (κ1) is 69.4. The van der Waals surface area contributed by atoms with Crippen molar-refractivity contribution < 1.29 is 38.0 Å². The third kappa shape index (κ3) is 53.1. The summed E-state index contributed by atoms with van der Waals surface area (Å²) in [5.41, 5.74) is 0. The van der Waals surface area contributed by atoms with Crippen LogP contribution in [0.15, 0.2) is 48.6 Å². The van der Waals surface area contributed by atoms with Gasteiger partial charge in [0, 0.05) is 6.42 Å². The summed E-state index contributed by atoms with van der Waals surface area (Å²) in [7, 11) is 1.41. The number of phosphoric ester groups is 1. The Labute approximate surface area is 440 Å². The molecule has 0 bridgehead atoms. The Balaban J connectivity index is 4.01. The number of carbonyl (C=O) groups excluding carboxylic acids is 1. The highest BCUT2D eigenvalue weighted by atomic mass is 31.2. The van der Waals surface area contributed by atoms with Crippen LogP contribution < -0.4 is 5.32 Å². The van der Waals surface area contributed by atoms with Crippen molar-refractivity contribution in [3.63, 3.8) is 0 Å². The smallest absolute Gasteiger partial charge is 0.390 e. The first-order chi connectivity index (χ1) is 34.4. The molecular weight excluding hydrogens is 904 g/mol. The normalized spacial score (nSPS) is 14.6. The van der Waals surface area contributed by atoms with Crippen LogP contribution in [-0.4, -0.2) is 84.6 Å². The van der Waals surface area contributed by atoms with Gasteiger partial charge < -0.3 is 24.9 Å². The summed E-state index contributed by atoms with van der Waals surface area (Å²) in [5.74, 6) is -0.271. The van der Waals surface area contributed by atoms with Gasteiger partial charge in [0.05, 0.1) is 39.9 Å². The van der Waals surface area contributed by atoms with E-state index in [2.05, 4.69) is 60.8 Å². The molecule has 0 aliphatic heterocycles. The number of amides is 1. The Morgan fingerprint density at radius 3 is 1.25 bits per heavy atom. The summed E-state index contributed by atoms with van der Waals surface area (Å²) >= 11 is 0. The molecule has 0 spiro atoms. The lowest BCUT2D eigenvalue weighted by atomic mass is 10.0. The summed E-state index contributed by atoms with van der Waals surface area (Å²) in [5, 5.41) is 24.7. The van der Waals surface area contributed by atoms with Crippen molar-refractivity contribution in [2.75, 3.05) is 40.9 Å². The summed E-state index contributed by atoms with van der Waals surface area (Å²) in [6.45, 7) is 4.38. The van der Waals surface area contributed by atoms with Gasteiger partial charge in [-0.05, 0) is 84.0 Å². The molecule has 71 heavy (non-hydrogen) atoms. The van der Waals surface area contributed by atoms with Gasteiger partial charge in [-0.15, -0.1) is 0 Å². The highest BCUT2D eigenvalue weighted by Crippen LogP contribution is 2.43. The molecule has 0 aromatic rings. The van der Waals surface area contributed by atoms with Crippen molar-refractivity contribution in [2.24, 2.45) is 0 Å². The fourth-order valence-electron chi connectivity index (χ4n) is 8.94. The number of rotatable bonds is 55. The van der Waals surface area contributed by atoms with Crippen LogP contribution in [0.2, 0.25) is 0 Å². The van der Waals surface area contributed by atoms with Gasteiger partial charge in [-0.25, -0.2) is 4.57 Å². The van der Waals surface area contributed by atoms with Gasteiger partial charge in [-0.3, -0.25) is 13.8 Å². The topological polar surface area (TPSA) is 125 Å². The third-order valence-corrected chi connectivity index (χ3v) is 14.7. The number of aliphatic hydroxyl groups is 2. The van der Waals surface area contributed by atoms with Crippen molar-refractivity contribution in [1.82, 2.24) is 5.32 Å². The van der Waals surface area contributed by atoms with Crippen molar-refractivity contribution in [3.8, 4) is 0 Å². The number of carbonyl (C=O) groups is 1. The summed E-state index contributed by atoms with van der Waals surface area (Å²) < 4.78 is 23.6. The standard InChI is InChI=1S/C61H117N2O7P/c1-6-8-10-12-14-16-18-20-21-22-23-24-25-26-27-28-29-30-31-32-33-34-35-36-37-38-39-40-41-42-44-46-48-50-52-54-60(65)62-58(57-70-71(67,68)69-56-55-63(3,4)5)61(66)59(64)53-51-49-47-45-43-19-17-15-13-11-9-7-2/h7,9,15,17,22-23,45,47,58-59,61,64,66H,6,8,10-14,16,18-21,24-44,46,48-57H2,1-5H3,(H-,62,65,67,68)/p+1/b9-7+,17-15+,23-22-,47-45+. The average molecular weight is 1020 g/mol. The zero-order valence-electron chi connectivity index (χ0n) is 47.3. The van der Waals surface area contributed by atoms with Crippen LogP contribution in [-0.2, 0) is 18.4 Å². The lowest BCUT2D eigenvalue weighted by molar-refractivity contribution is -0.870. The lowest BCUT2D eigenvalue weighted by Crippen LogP contribution is -2.51. The molecule has 4 N–H and O–H groups in total. The van der Waals surface area contributed by atoms with E-state index < -0.39 is 32.7 Å². The Kier molecular flexibility index (Phi) is 50.7. The molecule has 10 heteroatoms. The monoisotopic (exact) mass is 1020 g/mol. The second kappa shape index (κ2) is 51.9. The molecule has 418 valence electrons. The summed E-state index contributed by atoms with van der Waals surface area (Å²) in [6, 6.07) is -1.06. The van der Waals surface area contributed by atoms with Gasteiger partial charge in [0.15, 0.2) is 0 Å². The maximum absolute atomic E-state index is 13.0. The Morgan fingerprint density at radius 1 is 0.507 bits per heavy atom. The average Bonchev–Trinajstić information content (AvgIpc) is 3.33. The number of phosphoric acid groups is 1. The zero-order chi connectivity index (χ0) is 52.2. The minimum Gasteiger partial charge on any atom is -0.390 e. The predicted octanol–water partition coefficient (Wildman–Crippen LogP) is 17.3. The first-order valence-electron chi connectivity index (χ1n) is 30.1. The molecule has 0 aliphatic rings. The molecule has 4 atom stereocenters. The van der Waals surface area contributed by atoms with Crippen molar-refractivity contribution in [2.45, 2.75) is 295 Å². The van der Waals surface area contributed by atoms with Gasteiger partial charge in [-0.2, -0.15) is 0 Å². The Hall–Kier alpha value is -1.58. The molecule has 0 aromatic carbocycles. The lowest BCUT2D eigenvalue weighted by Gasteiger charge is -2.28. The van der Waals surface area contributed by atoms with Gasteiger partial charge in [0.2, 0.25) is 5.91 Å². The van der Waals surface area contributed by atoms with Gasteiger partial charge in [-0.1, -0.05) is 235 Å². The number of allylic oxidation sites excluding steroid dienone is 8. The quantitative estimate of drug-likeness (QED) is 0.0207. The highest BCUT2D eigenvalue weighted by Gasteiger charge is 2.31. The van der Waals surface area contributed by atoms with E-state index in [1.807, 2.05) is 28.1 Å². The van der Waals surface area contributed by atoms with Crippen LogP contribution >= 0.6 is 7.82 Å². The molecular formula is C61H118N2O7P+. The van der Waals surface area contributed by atoms with E-state index in [4.69, 9.17) is 9.05 Å². The fraction of sp³-hybridized carbons (Fsp3) is 0.852. The SMILES string of the molecule is C/C=C/CC/C=C/CC/C=C/CCCC(O)C(O)C(COP(=O)(O)OCC[N+](C)(C)C)NC(=O)CCCCCCCCCCCCCCCCCCCCCCCCC/C=C\CCCCCCCCCC. The van der Waals surface area contributed by atoms with Crippen LogP contribution in [0.3, 0.4) is 0 Å². The largest absolute Gasteiger partial charge is 0.472 e. The number of nitrogens with one attached hydrogen (secondary N) is 1. The van der Waals surface area contributed by atoms with E-state index in [0.29, 0.717) is 23.9 Å². The number of aliphatic hydroxyl groups excluding tert-OH is 2.